The number of halogens is 2. The summed E-state index contributed by atoms with van der Waals surface area (Å²) in [5, 5.41) is 0.439. The van der Waals surface area contributed by atoms with Crippen molar-refractivity contribution in [3.05, 3.63) is 50.7 Å². The second kappa shape index (κ2) is 5.96. The van der Waals surface area contributed by atoms with Crippen LogP contribution in [-0.2, 0) is 6.42 Å². The fourth-order valence-electron chi connectivity index (χ4n) is 1.71. The molecule has 1 nitrogen and oxygen atoms in total. The maximum absolute atomic E-state index is 6.49. The molecule has 0 saturated carbocycles. The third kappa shape index (κ3) is 2.82. The van der Waals surface area contributed by atoms with Gasteiger partial charge in [0.25, 0.3) is 0 Å². The minimum absolute atomic E-state index is 0.200. The van der Waals surface area contributed by atoms with E-state index in [-0.39, 0.29) is 5.38 Å². The molecule has 0 radical (unpaired) electrons. The van der Waals surface area contributed by atoms with Crippen LogP contribution in [0.2, 0.25) is 5.02 Å². The Morgan fingerprint density at radius 2 is 2.06 bits per heavy atom. The predicted octanol–water partition coefficient (Wildman–Crippen LogP) is 5.30. The van der Waals surface area contributed by atoms with Crippen molar-refractivity contribution in [3.8, 4) is 5.75 Å². The highest BCUT2D eigenvalue weighted by Crippen LogP contribution is 2.38. The lowest BCUT2D eigenvalue weighted by molar-refractivity contribution is 0.414. The number of rotatable bonds is 4. The van der Waals surface area contributed by atoms with E-state index in [0.29, 0.717) is 5.02 Å². The lowest BCUT2D eigenvalue weighted by Gasteiger charge is -2.11. The molecule has 0 bridgehead atoms. The molecule has 0 aliphatic carbocycles. The van der Waals surface area contributed by atoms with E-state index in [4.69, 9.17) is 27.9 Å². The minimum Gasteiger partial charge on any atom is -0.497 e. The summed E-state index contributed by atoms with van der Waals surface area (Å²) in [6.45, 7) is 2.14. The maximum atomic E-state index is 6.49. The van der Waals surface area contributed by atoms with Crippen molar-refractivity contribution < 1.29 is 4.74 Å². The second-order valence-corrected chi connectivity index (χ2v) is 5.95. The van der Waals surface area contributed by atoms with Crippen LogP contribution < -0.4 is 4.74 Å². The summed E-state index contributed by atoms with van der Waals surface area (Å²) in [7, 11) is 1.62. The Bertz CT molecular complexity index is 536. The summed E-state index contributed by atoms with van der Waals surface area (Å²) in [6.07, 6.45) is 1.03. The van der Waals surface area contributed by atoms with Gasteiger partial charge >= 0.3 is 0 Å². The standard InChI is InChI=1S/C14H14Cl2OS/c1-3-10-5-7-13(18-10)14(16)11-6-4-9(17-2)8-12(11)15/h4-8,14H,3H2,1-2H3. The minimum atomic E-state index is -0.200. The summed E-state index contributed by atoms with van der Waals surface area (Å²) < 4.78 is 5.13. The number of hydrogen-bond donors (Lipinski definition) is 0. The first-order valence-electron chi connectivity index (χ1n) is 5.71. The Labute approximate surface area is 121 Å². The average molecular weight is 301 g/mol. The number of thiophene rings is 1. The maximum Gasteiger partial charge on any atom is 0.120 e. The lowest BCUT2D eigenvalue weighted by Crippen LogP contribution is -1.92. The van der Waals surface area contributed by atoms with Gasteiger partial charge in [-0.2, -0.15) is 0 Å². The van der Waals surface area contributed by atoms with Gasteiger partial charge in [-0.25, -0.2) is 0 Å². The molecule has 0 N–H and O–H groups in total. The smallest absolute Gasteiger partial charge is 0.120 e. The molecule has 0 saturated heterocycles. The molecule has 1 heterocycles. The number of hydrogen-bond acceptors (Lipinski definition) is 2. The van der Waals surface area contributed by atoms with Crippen molar-refractivity contribution in [2.45, 2.75) is 18.7 Å². The molecule has 0 aliphatic heterocycles. The zero-order valence-electron chi connectivity index (χ0n) is 10.2. The van der Waals surface area contributed by atoms with E-state index >= 15 is 0 Å². The topological polar surface area (TPSA) is 9.23 Å². The Morgan fingerprint density at radius 1 is 1.28 bits per heavy atom. The van der Waals surface area contributed by atoms with Gasteiger partial charge in [0.1, 0.15) is 5.75 Å². The van der Waals surface area contributed by atoms with Gasteiger partial charge in [0.15, 0.2) is 0 Å². The van der Waals surface area contributed by atoms with Crippen LogP contribution in [0.4, 0.5) is 0 Å². The van der Waals surface area contributed by atoms with E-state index in [1.807, 2.05) is 12.1 Å². The van der Waals surface area contributed by atoms with Crippen molar-refractivity contribution in [1.82, 2.24) is 0 Å². The highest BCUT2D eigenvalue weighted by molar-refractivity contribution is 7.12. The van der Waals surface area contributed by atoms with Crippen LogP contribution in [-0.4, -0.2) is 7.11 Å². The predicted molar refractivity (Wildman–Crippen MR) is 79.4 cm³/mol. The molecule has 0 aliphatic rings. The summed E-state index contributed by atoms with van der Waals surface area (Å²) in [4.78, 5) is 2.46. The van der Waals surface area contributed by atoms with Crippen molar-refractivity contribution in [3.63, 3.8) is 0 Å². The summed E-state index contributed by atoms with van der Waals surface area (Å²) in [5.41, 5.74) is 0.920. The van der Waals surface area contributed by atoms with Gasteiger partial charge < -0.3 is 4.74 Å². The zero-order chi connectivity index (χ0) is 13.1. The Morgan fingerprint density at radius 3 is 2.61 bits per heavy atom. The van der Waals surface area contributed by atoms with Gasteiger partial charge in [0.05, 0.1) is 12.5 Å². The Balaban J connectivity index is 2.30. The SMILES string of the molecule is CCc1ccc(C(Cl)c2ccc(OC)cc2Cl)s1. The fraction of sp³-hybridized carbons (Fsp3) is 0.286. The molecule has 2 rings (SSSR count). The van der Waals surface area contributed by atoms with Crippen LogP contribution in [0.1, 0.15) is 27.6 Å². The van der Waals surface area contributed by atoms with Crippen molar-refractivity contribution >= 4 is 34.5 Å². The van der Waals surface area contributed by atoms with Crippen LogP contribution in [0, 0.1) is 0 Å². The van der Waals surface area contributed by atoms with Gasteiger partial charge in [0.2, 0.25) is 0 Å². The van der Waals surface area contributed by atoms with Gasteiger partial charge in [-0.3, -0.25) is 0 Å². The summed E-state index contributed by atoms with van der Waals surface area (Å²) in [5.74, 6) is 0.744. The number of benzene rings is 1. The van der Waals surface area contributed by atoms with Crippen molar-refractivity contribution in [1.29, 1.82) is 0 Å². The summed E-state index contributed by atoms with van der Waals surface area (Å²) in [6, 6.07) is 9.78. The van der Waals surface area contributed by atoms with E-state index in [2.05, 4.69) is 19.1 Å². The van der Waals surface area contributed by atoms with Gasteiger partial charge in [-0.1, -0.05) is 24.6 Å². The van der Waals surface area contributed by atoms with Crippen LogP contribution in [0.25, 0.3) is 0 Å². The molecule has 4 heteroatoms. The van der Waals surface area contributed by atoms with E-state index < -0.39 is 0 Å². The van der Waals surface area contributed by atoms with Gasteiger partial charge in [0, 0.05) is 14.8 Å². The van der Waals surface area contributed by atoms with E-state index in [1.165, 1.54) is 4.88 Å². The third-order valence-corrected chi connectivity index (χ3v) is 4.98. The van der Waals surface area contributed by atoms with Crippen LogP contribution in [0.5, 0.6) is 5.75 Å². The van der Waals surface area contributed by atoms with Crippen molar-refractivity contribution in [2.24, 2.45) is 0 Å². The van der Waals surface area contributed by atoms with Crippen LogP contribution >= 0.6 is 34.5 Å². The molecule has 1 atom stereocenters. The monoisotopic (exact) mass is 300 g/mol. The largest absolute Gasteiger partial charge is 0.497 e. The molecule has 2 aromatic rings. The molecule has 0 spiro atoms. The van der Waals surface area contributed by atoms with E-state index in [1.54, 1.807) is 24.5 Å². The van der Waals surface area contributed by atoms with E-state index in [0.717, 1.165) is 22.6 Å². The lowest BCUT2D eigenvalue weighted by atomic mass is 10.1. The van der Waals surface area contributed by atoms with Gasteiger partial charge in [-0.05, 0) is 36.2 Å². The molecule has 1 aromatic carbocycles. The first-order chi connectivity index (χ1) is 8.65. The number of ether oxygens (including phenoxy) is 1. The molecule has 0 fully saturated rings. The summed E-state index contributed by atoms with van der Waals surface area (Å²) >= 11 is 14.5. The first kappa shape index (κ1) is 13.7. The normalized spacial score (nSPS) is 12.4. The first-order valence-corrected chi connectivity index (χ1v) is 7.35. The molecule has 1 unspecified atom stereocenters. The van der Waals surface area contributed by atoms with Crippen LogP contribution in [0.3, 0.4) is 0 Å². The van der Waals surface area contributed by atoms with Gasteiger partial charge in [-0.15, -0.1) is 22.9 Å². The fourth-order valence-corrected chi connectivity index (χ4v) is 3.40. The molecular weight excluding hydrogens is 287 g/mol. The highest BCUT2D eigenvalue weighted by Gasteiger charge is 2.16. The van der Waals surface area contributed by atoms with Crippen molar-refractivity contribution in [2.75, 3.05) is 7.11 Å². The highest BCUT2D eigenvalue weighted by atomic mass is 35.5. The number of aryl methyl sites for hydroxylation is 1. The number of methoxy groups -OCH3 is 1. The molecular formula is C14H14Cl2OS. The zero-order valence-corrected chi connectivity index (χ0v) is 12.6. The molecule has 1 aromatic heterocycles. The molecule has 0 amide bonds. The molecule has 96 valence electrons. The average Bonchev–Trinajstić information content (AvgIpc) is 2.86. The quantitative estimate of drug-likeness (QED) is 0.696. The number of alkyl halides is 1. The Hall–Kier alpha value is -0.700. The second-order valence-electron chi connectivity index (χ2n) is 3.91. The van der Waals surface area contributed by atoms with E-state index in [9.17, 15) is 0 Å². The third-order valence-electron chi connectivity index (χ3n) is 2.76. The Kier molecular flexibility index (Phi) is 4.55. The van der Waals surface area contributed by atoms with Crippen LogP contribution in [0.15, 0.2) is 30.3 Å². The molecule has 18 heavy (non-hydrogen) atoms.